The first kappa shape index (κ1) is 13.9. The Morgan fingerprint density at radius 3 is 2.53 bits per heavy atom. The molecule has 0 saturated carbocycles. The van der Waals surface area contributed by atoms with Crippen LogP contribution in [0.1, 0.15) is 12.8 Å². The third kappa shape index (κ3) is 6.08. The Morgan fingerprint density at radius 1 is 1.53 bits per heavy atom. The number of nitrogens with two attached hydrogens (primary N) is 1. The molecule has 0 aromatic rings. The third-order valence-corrected chi connectivity index (χ3v) is 2.02. The van der Waals surface area contributed by atoms with Gasteiger partial charge in [0.15, 0.2) is 0 Å². The summed E-state index contributed by atoms with van der Waals surface area (Å²) in [6, 6.07) is -1.83. The molecule has 0 aliphatic heterocycles. The Balaban J connectivity index is 3.84. The van der Waals surface area contributed by atoms with Crippen molar-refractivity contribution < 1.29 is 19.5 Å². The van der Waals surface area contributed by atoms with Gasteiger partial charge in [0.2, 0.25) is 12.2 Å². The number of carbonyl (C=O) groups excluding carboxylic acids is 2. The summed E-state index contributed by atoms with van der Waals surface area (Å²) in [7, 11) is 0. The van der Waals surface area contributed by atoms with Gasteiger partial charge in [0.25, 0.3) is 0 Å². The quantitative estimate of drug-likeness (QED) is 0.409. The minimum absolute atomic E-state index is 0.0271. The van der Waals surface area contributed by atoms with Crippen LogP contribution in [0.5, 0.6) is 0 Å². The van der Waals surface area contributed by atoms with Gasteiger partial charge in [-0.3, -0.25) is 14.4 Å². The molecule has 0 bridgehead atoms. The Labute approximate surface area is 92.6 Å². The fourth-order valence-electron chi connectivity index (χ4n) is 0.789. The highest BCUT2D eigenvalue weighted by Crippen LogP contribution is 1.95. The SMILES string of the molecule is N[C@@H](CCC(=O)NC([C]=O)CS)C(=O)O. The first-order chi connectivity index (χ1) is 7.01. The minimum atomic E-state index is -1.16. The van der Waals surface area contributed by atoms with Crippen LogP contribution in [0, 0.1) is 0 Å². The molecular formula is C8H13N2O4S. The van der Waals surface area contributed by atoms with Gasteiger partial charge in [0.05, 0.1) is 0 Å². The van der Waals surface area contributed by atoms with E-state index >= 15 is 0 Å². The molecule has 0 heterocycles. The van der Waals surface area contributed by atoms with E-state index in [2.05, 4.69) is 17.9 Å². The van der Waals surface area contributed by atoms with E-state index in [0.29, 0.717) is 0 Å². The molecular weight excluding hydrogens is 220 g/mol. The average Bonchev–Trinajstić information content (AvgIpc) is 2.22. The van der Waals surface area contributed by atoms with Gasteiger partial charge < -0.3 is 16.2 Å². The zero-order valence-corrected chi connectivity index (χ0v) is 8.87. The molecule has 85 valence electrons. The van der Waals surface area contributed by atoms with Crippen LogP contribution < -0.4 is 11.1 Å². The van der Waals surface area contributed by atoms with Crippen molar-refractivity contribution in [2.24, 2.45) is 5.73 Å². The summed E-state index contributed by atoms with van der Waals surface area (Å²) in [6.45, 7) is 0. The maximum atomic E-state index is 11.1. The van der Waals surface area contributed by atoms with Crippen LogP contribution in [0.4, 0.5) is 0 Å². The lowest BCUT2D eigenvalue weighted by Crippen LogP contribution is -2.38. The second-order valence-electron chi connectivity index (χ2n) is 2.90. The molecule has 2 atom stereocenters. The molecule has 15 heavy (non-hydrogen) atoms. The number of carboxylic acid groups (broad SMARTS) is 1. The van der Waals surface area contributed by atoms with E-state index < -0.39 is 24.0 Å². The number of hydrogen-bond acceptors (Lipinski definition) is 5. The van der Waals surface area contributed by atoms with E-state index in [0.717, 1.165) is 0 Å². The molecule has 7 heteroatoms. The van der Waals surface area contributed by atoms with Gasteiger partial charge in [-0.25, -0.2) is 0 Å². The van der Waals surface area contributed by atoms with E-state index in [-0.39, 0.29) is 18.6 Å². The van der Waals surface area contributed by atoms with Crippen LogP contribution in [0.15, 0.2) is 0 Å². The lowest BCUT2D eigenvalue weighted by atomic mass is 10.1. The van der Waals surface area contributed by atoms with Crippen LogP contribution >= 0.6 is 12.6 Å². The van der Waals surface area contributed by atoms with Crippen molar-refractivity contribution in [3.63, 3.8) is 0 Å². The molecule has 0 aromatic heterocycles. The van der Waals surface area contributed by atoms with Crippen LogP contribution in [-0.2, 0) is 14.4 Å². The van der Waals surface area contributed by atoms with Crippen LogP contribution in [-0.4, -0.2) is 41.1 Å². The average molecular weight is 233 g/mol. The number of nitrogens with one attached hydrogen (secondary N) is 1. The number of thiol groups is 1. The highest BCUT2D eigenvalue weighted by molar-refractivity contribution is 7.80. The summed E-state index contributed by atoms with van der Waals surface area (Å²) in [5.41, 5.74) is 5.19. The molecule has 0 spiro atoms. The molecule has 4 N–H and O–H groups in total. The molecule has 0 rings (SSSR count). The molecule has 0 saturated heterocycles. The number of carbonyl (C=O) groups is 2. The molecule has 1 amide bonds. The summed E-state index contributed by atoms with van der Waals surface area (Å²) in [6.07, 6.45) is 1.57. The zero-order valence-electron chi connectivity index (χ0n) is 7.97. The van der Waals surface area contributed by atoms with Gasteiger partial charge in [0.1, 0.15) is 12.1 Å². The van der Waals surface area contributed by atoms with E-state index in [4.69, 9.17) is 10.8 Å². The summed E-state index contributed by atoms with van der Waals surface area (Å²) >= 11 is 3.82. The van der Waals surface area contributed by atoms with Gasteiger partial charge >= 0.3 is 5.97 Å². The van der Waals surface area contributed by atoms with Gasteiger partial charge in [-0.1, -0.05) is 0 Å². The van der Waals surface area contributed by atoms with E-state index in [1.165, 1.54) is 0 Å². The predicted octanol–water partition coefficient (Wildman–Crippen LogP) is -1.30. The second kappa shape index (κ2) is 7.24. The van der Waals surface area contributed by atoms with E-state index in [9.17, 15) is 14.4 Å². The Morgan fingerprint density at radius 2 is 2.13 bits per heavy atom. The maximum Gasteiger partial charge on any atom is 0.320 e. The van der Waals surface area contributed by atoms with Crippen molar-refractivity contribution in [2.75, 3.05) is 5.75 Å². The van der Waals surface area contributed by atoms with Crippen molar-refractivity contribution in [2.45, 2.75) is 24.9 Å². The van der Waals surface area contributed by atoms with Crippen molar-refractivity contribution >= 4 is 30.8 Å². The number of hydrogen-bond donors (Lipinski definition) is 4. The Hall–Kier alpha value is -1.08. The first-order valence-corrected chi connectivity index (χ1v) is 4.90. The molecule has 1 radical (unpaired) electrons. The molecule has 1 unspecified atom stereocenters. The molecule has 0 aromatic carbocycles. The van der Waals surface area contributed by atoms with Crippen LogP contribution in [0.25, 0.3) is 0 Å². The molecule has 6 nitrogen and oxygen atoms in total. The minimum Gasteiger partial charge on any atom is -0.480 e. The Kier molecular flexibility index (Phi) is 6.72. The third-order valence-electron chi connectivity index (χ3n) is 1.66. The van der Waals surface area contributed by atoms with Gasteiger partial charge in [-0.2, -0.15) is 12.6 Å². The van der Waals surface area contributed by atoms with Gasteiger partial charge in [0, 0.05) is 12.2 Å². The molecule has 0 fully saturated rings. The normalized spacial score (nSPS) is 14.0. The van der Waals surface area contributed by atoms with Crippen LogP contribution in [0.3, 0.4) is 0 Å². The van der Waals surface area contributed by atoms with Crippen molar-refractivity contribution in [1.29, 1.82) is 0 Å². The van der Waals surface area contributed by atoms with Gasteiger partial charge in [-0.05, 0) is 6.42 Å². The number of carboxylic acids is 1. The summed E-state index contributed by atoms with van der Waals surface area (Å²) in [5, 5.41) is 10.8. The van der Waals surface area contributed by atoms with Crippen LogP contribution in [0.2, 0.25) is 0 Å². The fourth-order valence-corrected chi connectivity index (χ4v) is 0.955. The number of rotatable bonds is 7. The molecule has 0 aliphatic rings. The fraction of sp³-hybridized carbons (Fsp3) is 0.625. The first-order valence-electron chi connectivity index (χ1n) is 4.27. The molecule has 0 aliphatic carbocycles. The van der Waals surface area contributed by atoms with Crippen molar-refractivity contribution in [3.8, 4) is 0 Å². The van der Waals surface area contributed by atoms with E-state index in [1.54, 1.807) is 6.29 Å². The highest BCUT2D eigenvalue weighted by Gasteiger charge is 2.15. The lowest BCUT2D eigenvalue weighted by molar-refractivity contribution is -0.138. The monoisotopic (exact) mass is 233 g/mol. The standard InChI is InChI=1S/C8H13N2O4S/c9-6(8(13)14)1-2-7(12)10-5(3-11)4-15/h5-6,15H,1-2,4,9H2,(H,10,12)(H,13,14)/t5?,6-/m0/s1. The highest BCUT2D eigenvalue weighted by atomic mass is 32.1. The topological polar surface area (TPSA) is 109 Å². The summed E-state index contributed by atoms with van der Waals surface area (Å²) in [4.78, 5) is 31.7. The number of aliphatic carboxylic acids is 1. The second-order valence-corrected chi connectivity index (χ2v) is 3.27. The smallest absolute Gasteiger partial charge is 0.320 e. The number of amides is 1. The summed E-state index contributed by atoms with van der Waals surface area (Å²) in [5.74, 6) is -1.44. The maximum absolute atomic E-state index is 11.1. The zero-order chi connectivity index (χ0) is 11.8. The van der Waals surface area contributed by atoms with Crippen molar-refractivity contribution in [3.05, 3.63) is 0 Å². The predicted molar refractivity (Wildman–Crippen MR) is 56.3 cm³/mol. The van der Waals surface area contributed by atoms with Gasteiger partial charge in [-0.15, -0.1) is 0 Å². The van der Waals surface area contributed by atoms with Crippen molar-refractivity contribution in [1.82, 2.24) is 5.32 Å². The van der Waals surface area contributed by atoms with E-state index in [1.807, 2.05) is 0 Å². The summed E-state index contributed by atoms with van der Waals surface area (Å²) < 4.78 is 0. The Bertz CT molecular complexity index is 247. The lowest BCUT2D eigenvalue weighted by Gasteiger charge is -2.10. The largest absolute Gasteiger partial charge is 0.480 e.